The van der Waals surface area contributed by atoms with Gasteiger partial charge in [-0.3, -0.25) is 4.79 Å². The van der Waals surface area contributed by atoms with Gasteiger partial charge >= 0.3 is 12.1 Å². The number of hydrogen-bond acceptors (Lipinski definition) is 2. The molecule has 0 aromatic rings. The van der Waals surface area contributed by atoms with Gasteiger partial charge in [0.25, 0.3) is 0 Å². The number of unbranched alkanes of at least 4 members (excludes halogenated alkanes) is 14. The van der Waals surface area contributed by atoms with Crippen molar-refractivity contribution in [1.29, 1.82) is 0 Å². The molecule has 0 saturated heterocycles. The second-order valence-electron chi connectivity index (χ2n) is 6.38. The van der Waals surface area contributed by atoms with Gasteiger partial charge in [-0.15, -0.1) is 0 Å². The molecule has 24 heavy (non-hydrogen) atoms. The van der Waals surface area contributed by atoms with Crippen LogP contribution in [0.4, 0.5) is 4.79 Å². The third-order valence-electron chi connectivity index (χ3n) is 3.99. The van der Waals surface area contributed by atoms with Crippen LogP contribution in [0.1, 0.15) is 110 Å². The van der Waals surface area contributed by atoms with Gasteiger partial charge in [0.2, 0.25) is 0 Å². The van der Waals surface area contributed by atoms with Crippen molar-refractivity contribution in [3.05, 3.63) is 0 Å². The Bertz CT molecular complexity index is 275. The van der Waals surface area contributed by atoms with Gasteiger partial charge in [-0.1, -0.05) is 96.8 Å². The highest BCUT2D eigenvalue weighted by molar-refractivity contribution is 5.66. The average Bonchev–Trinajstić information content (AvgIpc) is 2.50. The zero-order valence-corrected chi connectivity index (χ0v) is 15.5. The highest BCUT2D eigenvalue weighted by Crippen LogP contribution is 2.13. The van der Waals surface area contributed by atoms with Gasteiger partial charge in [-0.25, -0.2) is 4.79 Å². The van der Waals surface area contributed by atoms with E-state index in [0.29, 0.717) is 6.42 Å². The predicted octanol–water partition coefficient (Wildman–Crippen LogP) is 6.55. The Hall–Kier alpha value is -1.26. The van der Waals surface area contributed by atoms with Gasteiger partial charge in [-0.2, -0.15) is 0 Å². The molecule has 0 aromatic heterocycles. The second-order valence-corrected chi connectivity index (χ2v) is 6.38. The first kappa shape index (κ1) is 25.0. The minimum Gasteiger partial charge on any atom is -0.481 e. The topological polar surface area (TPSA) is 94.8 Å². The second kappa shape index (κ2) is 21.7. The Labute approximate surface area is 147 Å². The molecule has 5 nitrogen and oxygen atoms in total. The van der Waals surface area contributed by atoms with Crippen LogP contribution in [0, 0.1) is 0 Å². The minimum atomic E-state index is -1.83. The van der Waals surface area contributed by atoms with E-state index in [1.54, 1.807) is 0 Å². The van der Waals surface area contributed by atoms with Crippen molar-refractivity contribution in [1.82, 2.24) is 0 Å². The largest absolute Gasteiger partial charge is 0.503 e. The Kier molecular flexibility index (Phi) is 22.6. The van der Waals surface area contributed by atoms with Gasteiger partial charge < -0.3 is 15.3 Å². The van der Waals surface area contributed by atoms with E-state index in [0.717, 1.165) is 12.8 Å². The Morgan fingerprint density at radius 1 is 0.542 bits per heavy atom. The van der Waals surface area contributed by atoms with Crippen molar-refractivity contribution < 1.29 is 24.9 Å². The fraction of sp³-hybridized carbons (Fsp3) is 0.895. The molecule has 0 aliphatic carbocycles. The molecule has 0 unspecified atom stereocenters. The van der Waals surface area contributed by atoms with Crippen LogP contribution in [0.15, 0.2) is 0 Å². The smallest absolute Gasteiger partial charge is 0.481 e. The molecule has 0 fully saturated rings. The average molecular weight is 347 g/mol. The first-order chi connectivity index (χ1) is 11.5. The third-order valence-corrected chi connectivity index (χ3v) is 3.99. The highest BCUT2D eigenvalue weighted by Gasteiger charge is 1.97. The van der Waals surface area contributed by atoms with Crippen molar-refractivity contribution >= 4 is 12.1 Å². The van der Waals surface area contributed by atoms with Crippen LogP contribution >= 0.6 is 0 Å². The molecule has 0 radical (unpaired) electrons. The summed E-state index contributed by atoms with van der Waals surface area (Å²) in [6.45, 7) is 2.27. The Balaban J connectivity index is 0. The zero-order valence-electron chi connectivity index (χ0n) is 15.5. The molecular weight excluding hydrogens is 308 g/mol. The fourth-order valence-electron chi connectivity index (χ4n) is 2.65. The number of carboxylic acids is 1. The van der Waals surface area contributed by atoms with Crippen molar-refractivity contribution in [3.8, 4) is 0 Å². The van der Waals surface area contributed by atoms with Crippen LogP contribution in [0.2, 0.25) is 0 Å². The van der Waals surface area contributed by atoms with Crippen LogP contribution in [-0.4, -0.2) is 27.4 Å². The SMILES string of the molecule is CCCCCCCCCCCCCCCCCC(=O)O.O=C(O)O. The Morgan fingerprint density at radius 3 is 1.04 bits per heavy atom. The summed E-state index contributed by atoms with van der Waals surface area (Å²) in [4.78, 5) is 18.9. The van der Waals surface area contributed by atoms with Crippen LogP contribution in [-0.2, 0) is 4.79 Å². The number of aliphatic carboxylic acids is 1. The van der Waals surface area contributed by atoms with E-state index in [2.05, 4.69) is 6.92 Å². The van der Waals surface area contributed by atoms with Crippen LogP contribution < -0.4 is 0 Å². The third kappa shape index (κ3) is 32.6. The number of carbonyl (C=O) groups is 2. The highest BCUT2D eigenvalue weighted by atomic mass is 16.6. The summed E-state index contributed by atoms with van der Waals surface area (Å²) >= 11 is 0. The van der Waals surface area contributed by atoms with E-state index in [1.165, 1.54) is 83.5 Å². The van der Waals surface area contributed by atoms with Gasteiger partial charge in [0.1, 0.15) is 0 Å². The summed E-state index contributed by atoms with van der Waals surface area (Å²) in [6.07, 6.45) is 18.4. The molecule has 0 bridgehead atoms. The lowest BCUT2D eigenvalue weighted by Crippen LogP contribution is -1.93. The lowest BCUT2D eigenvalue weighted by molar-refractivity contribution is -0.137. The summed E-state index contributed by atoms with van der Waals surface area (Å²) in [7, 11) is 0. The summed E-state index contributed by atoms with van der Waals surface area (Å²) in [6, 6.07) is 0. The summed E-state index contributed by atoms with van der Waals surface area (Å²) in [5.41, 5.74) is 0. The van der Waals surface area contributed by atoms with Crippen molar-refractivity contribution in [2.24, 2.45) is 0 Å². The van der Waals surface area contributed by atoms with E-state index in [1.807, 2.05) is 0 Å². The molecule has 5 heteroatoms. The van der Waals surface area contributed by atoms with E-state index < -0.39 is 12.1 Å². The van der Waals surface area contributed by atoms with E-state index in [9.17, 15) is 4.79 Å². The van der Waals surface area contributed by atoms with Crippen molar-refractivity contribution in [2.75, 3.05) is 0 Å². The summed E-state index contributed by atoms with van der Waals surface area (Å²) in [5, 5.41) is 22.5. The molecule has 3 N–H and O–H groups in total. The van der Waals surface area contributed by atoms with E-state index in [-0.39, 0.29) is 0 Å². The normalized spacial score (nSPS) is 10.0. The monoisotopic (exact) mass is 346 g/mol. The lowest BCUT2D eigenvalue weighted by Gasteiger charge is -2.03. The van der Waals surface area contributed by atoms with Gasteiger partial charge in [0.05, 0.1) is 0 Å². The standard InChI is InChI=1S/C18H36O2.CH2O3/c1-2-3-4-5-6-7-8-9-10-11-12-13-14-15-16-17-18(19)20;2-1(3)4/h2-17H2,1H3,(H,19,20);(H2,2,3,4). The molecule has 0 aromatic carbocycles. The molecule has 144 valence electrons. The van der Waals surface area contributed by atoms with Crippen LogP contribution in [0.3, 0.4) is 0 Å². The molecular formula is C19H38O5. The summed E-state index contributed by atoms with van der Waals surface area (Å²) in [5.74, 6) is -0.653. The maximum Gasteiger partial charge on any atom is 0.503 e. The van der Waals surface area contributed by atoms with Crippen LogP contribution in [0.5, 0.6) is 0 Å². The zero-order chi connectivity index (χ0) is 18.5. The first-order valence-corrected chi connectivity index (χ1v) is 9.64. The van der Waals surface area contributed by atoms with Gasteiger partial charge in [-0.05, 0) is 6.42 Å². The molecule has 0 heterocycles. The van der Waals surface area contributed by atoms with E-state index in [4.69, 9.17) is 20.1 Å². The Morgan fingerprint density at radius 2 is 0.792 bits per heavy atom. The quantitative estimate of drug-likeness (QED) is 0.275. The molecule has 0 atom stereocenters. The minimum absolute atomic E-state index is 0.345. The molecule has 0 saturated carbocycles. The molecule has 0 amide bonds. The first-order valence-electron chi connectivity index (χ1n) is 9.64. The van der Waals surface area contributed by atoms with Gasteiger partial charge in [0, 0.05) is 6.42 Å². The van der Waals surface area contributed by atoms with Crippen molar-refractivity contribution in [2.45, 2.75) is 110 Å². The summed E-state index contributed by atoms with van der Waals surface area (Å²) < 4.78 is 0. The van der Waals surface area contributed by atoms with Crippen LogP contribution in [0.25, 0.3) is 0 Å². The lowest BCUT2D eigenvalue weighted by atomic mass is 10.0. The number of carboxylic acid groups (broad SMARTS) is 3. The number of rotatable bonds is 16. The van der Waals surface area contributed by atoms with Crippen molar-refractivity contribution in [3.63, 3.8) is 0 Å². The molecule has 0 aliphatic rings. The molecule has 0 aliphatic heterocycles. The number of hydrogen-bond donors (Lipinski definition) is 3. The maximum atomic E-state index is 10.3. The van der Waals surface area contributed by atoms with E-state index >= 15 is 0 Å². The molecule has 0 rings (SSSR count). The maximum absolute atomic E-state index is 10.3. The van der Waals surface area contributed by atoms with Gasteiger partial charge in [0.15, 0.2) is 0 Å². The predicted molar refractivity (Wildman–Crippen MR) is 97.8 cm³/mol. The fourth-order valence-corrected chi connectivity index (χ4v) is 2.65. The molecule has 0 spiro atoms.